The Labute approximate surface area is 222 Å². The Morgan fingerprint density at radius 2 is 1.61 bits per heavy atom. The number of aromatic nitrogens is 1. The molecule has 38 heavy (non-hydrogen) atoms. The number of benzene rings is 4. The highest BCUT2D eigenvalue weighted by Gasteiger charge is 2.19. The van der Waals surface area contributed by atoms with Gasteiger partial charge in [0.05, 0.1) is 5.52 Å². The lowest BCUT2D eigenvalue weighted by molar-refractivity contribution is -0.131. The predicted octanol–water partition coefficient (Wildman–Crippen LogP) is 7.00. The molecule has 0 aliphatic heterocycles. The van der Waals surface area contributed by atoms with Crippen LogP contribution in [0.15, 0.2) is 103 Å². The van der Waals surface area contributed by atoms with Crippen molar-refractivity contribution in [3.8, 4) is 16.9 Å². The van der Waals surface area contributed by atoms with Gasteiger partial charge in [-0.3, -0.25) is 14.6 Å². The standard InChI is InChI=1S/C33H28N2O3/c1-22-9-7-14-29-31(30(20-34-32(22)29)33(37)25-10-5-4-6-11-25)26-12-8-13-27(19-26)35(3)21-24-15-17-28(18-16-24)38-23(2)36/h4-20H,21H2,1-3H3. The number of rotatable bonds is 7. The van der Waals surface area contributed by atoms with Crippen molar-refractivity contribution in [2.75, 3.05) is 11.9 Å². The smallest absolute Gasteiger partial charge is 0.308 e. The van der Waals surface area contributed by atoms with Gasteiger partial charge in [0.15, 0.2) is 5.78 Å². The Morgan fingerprint density at radius 3 is 2.34 bits per heavy atom. The molecular formula is C33H28N2O3. The normalized spacial score (nSPS) is 10.8. The lowest BCUT2D eigenvalue weighted by Crippen LogP contribution is -2.16. The number of pyridine rings is 1. The second kappa shape index (κ2) is 10.7. The van der Waals surface area contributed by atoms with Gasteiger partial charge in [-0.2, -0.15) is 0 Å². The Morgan fingerprint density at radius 1 is 0.868 bits per heavy atom. The van der Waals surface area contributed by atoms with Gasteiger partial charge in [0.1, 0.15) is 5.75 Å². The highest BCUT2D eigenvalue weighted by atomic mass is 16.5. The van der Waals surface area contributed by atoms with Gasteiger partial charge in [-0.15, -0.1) is 0 Å². The number of hydrogen-bond acceptors (Lipinski definition) is 5. The Hall–Kier alpha value is -4.77. The quantitative estimate of drug-likeness (QED) is 0.137. The summed E-state index contributed by atoms with van der Waals surface area (Å²) in [4.78, 5) is 31.7. The van der Waals surface area contributed by atoms with Crippen LogP contribution in [0.2, 0.25) is 0 Å². The molecular weight excluding hydrogens is 472 g/mol. The molecule has 0 saturated carbocycles. The maximum Gasteiger partial charge on any atom is 0.308 e. The van der Waals surface area contributed by atoms with Gasteiger partial charge in [-0.1, -0.05) is 72.8 Å². The van der Waals surface area contributed by atoms with E-state index in [0.29, 0.717) is 23.4 Å². The maximum absolute atomic E-state index is 13.6. The van der Waals surface area contributed by atoms with Gasteiger partial charge >= 0.3 is 5.97 Å². The van der Waals surface area contributed by atoms with Crippen LogP contribution in [-0.4, -0.2) is 23.8 Å². The zero-order valence-electron chi connectivity index (χ0n) is 21.6. The van der Waals surface area contributed by atoms with Crippen molar-refractivity contribution in [3.63, 3.8) is 0 Å². The topological polar surface area (TPSA) is 59.5 Å². The summed E-state index contributed by atoms with van der Waals surface area (Å²) in [5, 5.41) is 0.952. The summed E-state index contributed by atoms with van der Waals surface area (Å²) in [6, 6.07) is 31.2. The van der Waals surface area contributed by atoms with E-state index in [2.05, 4.69) is 22.0 Å². The SMILES string of the molecule is CC(=O)Oc1ccc(CN(C)c2cccc(-c3c(C(=O)c4ccccc4)cnc4c(C)cccc34)c2)cc1. The summed E-state index contributed by atoms with van der Waals surface area (Å²) in [5.74, 6) is 0.139. The van der Waals surface area contributed by atoms with Gasteiger partial charge < -0.3 is 9.64 Å². The molecule has 1 heterocycles. The Bertz CT molecular complexity index is 1630. The number of ketones is 1. The number of carbonyl (C=O) groups excluding carboxylic acids is 2. The van der Waals surface area contributed by atoms with Gasteiger partial charge in [-0.25, -0.2) is 0 Å². The molecule has 0 spiro atoms. The molecule has 0 aliphatic rings. The number of ether oxygens (including phenoxy) is 1. The van der Waals surface area contributed by atoms with Crippen molar-refractivity contribution in [2.45, 2.75) is 20.4 Å². The van der Waals surface area contributed by atoms with Gasteiger partial charge in [0, 0.05) is 54.5 Å². The summed E-state index contributed by atoms with van der Waals surface area (Å²) in [6.45, 7) is 4.09. The molecule has 0 N–H and O–H groups in total. The molecule has 0 bridgehead atoms. The van der Waals surface area contributed by atoms with E-state index < -0.39 is 0 Å². The minimum absolute atomic E-state index is 0.0527. The van der Waals surface area contributed by atoms with Crippen LogP contribution in [0.1, 0.15) is 34.0 Å². The van der Waals surface area contributed by atoms with E-state index in [1.807, 2.05) is 86.8 Å². The molecule has 0 saturated heterocycles. The minimum atomic E-state index is -0.337. The Kier molecular flexibility index (Phi) is 7.00. The first-order valence-electron chi connectivity index (χ1n) is 12.5. The lowest BCUT2D eigenvalue weighted by atomic mass is 9.91. The number of esters is 1. The number of para-hydroxylation sites is 1. The van der Waals surface area contributed by atoms with Crippen LogP contribution in [-0.2, 0) is 11.3 Å². The average Bonchev–Trinajstić information content (AvgIpc) is 2.93. The molecule has 1 aromatic heterocycles. The van der Waals surface area contributed by atoms with Crippen LogP contribution in [0, 0.1) is 6.92 Å². The predicted molar refractivity (Wildman–Crippen MR) is 152 cm³/mol. The molecule has 0 amide bonds. The van der Waals surface area contributed by atoms with Crippen molar-refractivity contribution in [2.24, 2.45) is 0 Å². The van der Waals surface area contributed by atoms with E-state index >= 15 is 0 Å². The van der Waals surface area contributed by atoms with Crippen molar-refractivity contribution in [3.05, 3.63) is 126 Å². The first kappa shape index (κ1) is 24.9. The van der Waals surface area contributed by atoms with E-state index in [9.17, 15) is 9.59 Å². The van der Waals surface area contributed by atoms with Crippen molar-refractivity contribution in [1.29, 1.82) is 0 Å². The number of aryl methyl sites for hydroxylation is 1. The summed E-state index contributed by atoms with van der Waals surface area (Å²) in [6.07, 6.45) is 1.71. The molecule has 0 unspecified atom stereocenters. The van der Waals surface area contributed by atoms with Gasteiger partial charge in [0.2, 0.25) is 0 Å². The van der Waals surface area contributed by atoms with E-state index in [-0.39, 0.29) is 11.8 Å². The second-order valence-corrected chi connectivity index (χ2v) is 9.36. The molecule has 188 valence electrons. The molecule has 5 rings (SSSR count). The van der Waals surface area contributed by atoms with Crippen molar-refractivity contribution >= 4 is 28.3 Å². The molecule has 0 aliphatic carbocycles. The van der Waals surface area contributed by atoms with Crippen LogP contribution >= 0.6 is 0 Å². The van der Waals surface area contributed by atoms with Crippen LogP contribution < -0.4 is 9.64 Å². The molecule has 0 fully saturated rings. The molecule has 5 nitrogen and oxygen atoms in total. The first-order chi connectivity index (χ1) is 18.4. The summed E-state index contributed by atoms with van der Waals surface area (Å²) < 4.78 is 5.14. The number of anilines is 1. The summed E-state index contributed by atoms with van der Waals surface area (Å²) in [7, 11) is 2.03. The first-order valence-corrected chi connectivity index (χ1v) is 12.5. The number of nitrogens with zero attached hydrogens (tertiary/aromatic N) is 2. The van der Waals surface area contributed by atoms with E-state index in [1.54, 1.807) is 18.3 Å². The molecule has 0 radical (unpaired) electrons. The van der Waals surface area contributed by atoms with E-state index in [0.717, 1.165) is 38.8 Å². The summed E-state index contributed by atoms with van der Waals surface area (Å²) >= 11 is 0. The lowest BCUT2D eigenvalue weighted by Gasteiger charge is -2.21. The van der Waals surface area contributed by atoms with Gasteiger partial charge in [0.25, 0.3) is 0 Å². The van der Waals surface area contributed by atoms with Crippen LogP contribution in [0.25, 0.3) is 22.0 Å². The minimum Gasteiger partial charge on any atom is -0.427 e. The van der Waals surface area contributed by atoms with Crippen molar-refractivity contribution < 1.29 is 14.3 Å². The fourth-order valence-electron chi connectivity index (χ4n) is 4.69. The molecule has 0 atom stereocenters. The third kappa shape index (κ3) is 5.18. The zero-order valence-corrected chi connectivity index (χ0v) is 21.6. The van der Waals surface area contributed by atoms with Crippen LogP contribution in [0.3, 0.4) is 0 Å². The zero-order chi connectivity index (χ0) is 26.6. The van der Waals surface area contributed by atoms with Crippen molar-refractivity contribution in [1.82, 2.24) is 4.98 Å². The number of carbonyl (C=O) groups is 2. The highest BCUT2D eigenvalue weighted by Crippen LogP contribution is 2.35. The molecule has 5 heteroatoms. The third-order valence-electron chi connectivity index (χ3n) is 6.56. The van der Waals surface area contributed by atoms with Crippen LogP contribution in [0.4, 0.5) is 5.69 Å². The van der Waals surface area contributed by atoms with Gasteiger partial charge in [-0.05, 0) is 47.9 Å². The number of hydrogen-bond donors (Lipinski definition) is 0. The highest BCUT2D eigenvalue weighted by molar-refractivity contribution is 6.16. The molecule has 4 aromatic carbocycles. The number of fused-ring (bicyclic) bond motifs is 1. The summed E-state index contributed by atoms with van der Waals surface area (Å²) in [5.41, 5.74) is 7.10. The Balaban J connectivity index is 1.54. The third-order valence-corrected chi connectivity index (χ3v) is 6.56. The molecule has 5 aromatic rings. The fraction of sp³-hybridized carbons (Fsp3) is 0.121. The van der Waals surface area contributed by atoms with E-state index in [1.165, 1.54) is 6.92 Å². The van der Waals surface area contributed by atoms with E-state index in [4.69, 9.17) is 4.74 Å². The monoisotopic (exact) mass is 500 g/mol. The van der Waals surface area contributed by atoms with Crippen LogP contribution in [0.5, 0.6) is 5.75 Å². The average molecular weight is 501 g/mol. The second-order valence-electron chi connectivity index (χ2n) is 9.36. The largest absolute Gasteiger partial charge is 0.427 e. The maximum atomic E-state index is 13.6. The fourth-order valence-corrected chi connectivity index (χ4v) is 4.69.